The maximum absolute atomic E-state index is 12.9. The Kier molecular flexibility index (Phi) is 7.02. The van der Waals surface area contributed by atoms with E-state index in [0.717, 1.165) is 33.4 Å². The number of rotatable bonds is 6. The molecule has 166 valence electrons. The zero-order valence-electron chi connectivity index (χ0n) is 18.0. The summed E-state index contributed by atoms with van der Waals surface area (Å²) in [6.45, 7) is 4.85. The Morgan fingerprint density at radius 1 is 1.06 bits per heavy atom. The second-order valence-corrected chi connectivity index (χ2v) is 8.72. The summed E-state index contributed by atoms with van der Waals surface area (Å²) in [7, 11) is 0. The van der Waals surface area contributed by atoms with Crippen molar-refractivity contribution < 1.29 is 9.59 Å². The summed E-state index contributed by atoms with van der Waals surface area (Å²) in [4.78, 5) is 29.3. The highest BCUT2D eigenvalue weighted by Gasteiger charge is 2.24. The average molecular weight is 496 g/mol. The van der Waals surface area contributed by atoms with Gasteiger partial charge in [-0.1, -0.05) is 53.2 Å². The largest absolute Gasteiger partial charge is 0.335 e. The molecule has 0 saturated carbocycles. The Morgan fingerprint density at radius 2 is 1.78 bits per heavy atom. The molecule has 2 aromatic carbocycles. The van der Waals surface area contributed by atoms with Crippen LogP contribution in [0, 0.1) is 0 Å². The molecular formula is C24H26BrN5O2. The maximum Gasteiger partial charge on any atom is 0.271 e. The van der Waals surface area contributed by atoms with Gasteiger partial charge in [0, 0.05) is 41.9 Å². The second-order valence-electron chi connectivity index (χ2n) is 7.80. The van der Waals surface area contributed by atoms with Crippen molar-refractivity contribution in [3.63, 3.8) is 0 Å². The van der Waals surface area contributed by atoms with E-state index in [4.69, 9.17) is 0 Å². The number of piperazine rings is 1. The molecule has 0 bridgehead atoms. The predicted octanol–water partition coefficient (Wildman–Crippen LogP) is 3.80. The van der Waals surface area contributed by atoms with Gasteiger partial charge in [0.15, 0.2) is 0 Å². The first kappa shape index (κ1) is 22.2. The maximum atomic E-state index is 12.9. The van der Waals surface area contributed by atoms with Gasteiger partial charge in [-0.15, -0.1) is 0 Å². The van der Waals surface area contributed by atoms with Crippen LogP contribution in [0.3, 0.4) is 0 Å². The Bertz CT molecular complexity index is 1090. The Hall–Kier alpha value is -2.97. The zero-order chi connectivity index (χ0) is 22.5. The molecule has 2 heterocycles. The van der Waals surface area contributed by atoms with Crippen LogP contribution in [0.15, 0.2) is 59.1 Å². The minimum absolute atomic E-state index is 0.0293. The van der Waals surface area contributed by atoms with E-state index in [-0.39, 0.29) is 11.8 Å². The first-order valence-electron chi connectivity index (χ1n) is 10.7. The molecule has 1 aromatic heterocycles. The SMILES string of the molecule is CCc1ccccc1NC(=O)CN1CCN(C(=O)c2cc(-c3ccc(Br)cc3)n[nH]2)CC1. The third-order valence-electron chi connectivity index (χ3n) is 5.65. The number of H-pyrrole nitrogens is 1. The van der Waals surface area contributed by atoms with Gasteiger partial charge in [-0.2, -0.15) is 5.10 Å². The van der Waals surface area contributed by atoms with Crippen LogP contribution in [0.2, 0.25) is 0 Å². The van der Waals surface area contributed by atoms with Crippen LogP contribution < -0.4 is 5.32 Å². The van der Waals surface area contributed by atoms with Crippen molar-refractivity contribution in [3.8, 4) is 11.3 Å². The lowest BCUT2D eigenvalue weighted by Crippen LogP contribution is -2.50. The molecule has 2 N–H and O–H groups in total. The fraction of sp³-hybridized carbons (Fsp3) is 0.292. The summed E-state index contributed by atoms with van der Waals surface area (Å²) in [5, 5.41) is 10.2. The van der Waals surface area contributed by atoms with Crippen LogP contribution in [0.5, 0.6) is 0 Å². The van der Waals surface area contributed by atoms with Gasteiger partial charge >= 0.3 is 0 Å². The van der Waals surface area contributed by atoms with Crippen molar-refractivity contribution in [1.29, 1.82) is 0 Å². The fourth-order valence-electron chi connectivity index (χ4n) is 3.82. The molecule has 1 aliphatic rings. The molecule has 3 aromatic rings. The molecule has 32 heavy (non-hydrogen) atoms. The van der Waals surface area contributed by atoms with Crippen LogP contribution in [-0.2, 0) is 11.2 Å². The Labute approximate surface area is 195 Å². The normalized spacial score (nSPS) is 14.4. The van der Waals surface area contributed by atoms with E-state index in [1.165, 1.54) is 0 Å². The molecule has 2 amide bonds. The fourth-order valence-corrected chi connectivity index (χ4v) is 4.09. The molecule has 0 unspecified atom stereocenters. The molecule has 1 fully saturated rings. The quantitative estimate of drug-likeness (QED) is 0.544. The number of amides is 2. The molecule has 0 atom stereocenters. The van der Waals surface area contributed by atoms with Gasteiger partial charge in [-0.05, 0) is 36.2 Å². The van der Waals surface area contributed by atoms with Crippen LogP contribution >= 0.6 is 15.9 Å². The number of anilines is 1. The van der Waals surface area contributed by atoms with Gasteiger partial charge in [-0.3, -0.25) is 19.6 Å². The summed E-state index contributed by atoms with van der Waals surface area (Å²) < 4.78 is 0.995. The number of nitrogens with one attached hydrogen (secondary N) is 2. The van der Waals surface area contributed by atoms with E-state index in [9.17, 15) is 9.59 Å². The molecule has 0 spiro atoms. The smallest absolute Gasteiger partial charge is 0.271 e. The second kappa shape index (κ2) is 10.1. The summed E-state index contributed by atoms with van der Waals surface area (Å²) in [5.41, 5.74) is 4.16. The van der Waals surface area contributed by atoms with E-state index in [0.29, 0.717) is 38.4 Å². The number of aromatic nitrogens is 2. The summed E-state index contributed by atoms with van der Waals surface area (Å²) in [6, 6.07) is 17.5. The average Bonchev–Trinajstić information content (AvgIpc) is 3.30. The number of benzene rings is 2. The summed E-state index contributed by atoms with van der Waals surface area (Å²) >= 11 is 3.42. The Morgan fingerprint density at radius 3 is 2.50 bits per heavy atom. The minimum Gasteiger partial charge on any atom is -0.335 e. The van der Waals surface area contributed by atoms with Crippen LogP contribution in [-0.4, -0.2) is 64.5 Å². The van der Waals surface area contributed by atoms with Gasteiger partial charge in [0.1, 0.15) is 5.69 Å². The number of para-hydroxylation sites is 1. The van der Waals surface area contributed by atoms with Crippen LogP contribution in [0.1, 0.15) is 23.0 Å². The van der Waals surface area contributed by atoms with Gasteiger partial charge in [0.05, 0.1) is 12.2 Å². The topological polar surface area (TPSA) is 81.3 Å². The highest BCUT2D eigenvalue weighted by Crippen LogP contribution is 2.21. The first-order chi connectivity index (χ1) is 15.5. The first-order valence-corrected chi connectivity index (χ1v) is 11.5. The predicted molar refractivity (Wildman–Crippen MR) is 129 cm³/mol. The summed E-state index contributed by atoms with van der Waals surface area (Å²) in [6.07, 6.45) is 0.869. The molecular weight excluding hydrogens is 470 g/mol. The van der Waals surface area contributed by atoms with Gasteiger partial charge in [0.25, 0.3) is 5.91 Å². The van der Waals surface area contributed by atoms with Crippen LogP contribution in [0.25, 0.3) is 11.3 Å². The molecule has 1 saturated heterocycles. The van der Waals surface area contributed by atoms with Crippen molar-refractivity contribution >= 4 is 33.4 Å². The van der Waals surface area contributed by atoms with Crippen molar-refractivity contribution in [1.82, 2.24) is 20.0 Å². The number of hydrogen-bond donors (Lipinski definition) is 2. The van der Waals surface area contributed by atoms with Crippen molar-refractivity contribution in [2.24, 2.45) is 0 Å². The molecule has 0 aliphatic carbocycles. The van der Waals surface area contributed by atoms with Crippen LogP contribution in [0.4, 0.5) is 5.69 Å². The van der Waals surface area contributed by atoms with E-state index >= 15 is 0 Å². The highest BCUT2D eigenvalue weighted by atomic mass is 79.9. The van der Waals surface area contributed by atoms with Gasteiger partial charge in [0.2, 0.25) is 5.91 Å². The number of hydrogen-bond acceptors (Lipinski definition) is 4. The molecule has 0 radical (unpaired) electrons. The lowest BCUT2D eigenvalue weighted by atomic mass is 10.1. The molecule has 1 aliphatic heterocycles. The third-order valence-corrected chi connectivity index (χ3v) is 6.18. The van der Waals surface area contributed by atoms with Gasteiger partial charge in [-0.25, -0.2) is 0 Å². The van der Waals surface area contributed by atoms with E-state index in [1.807, 2.05) is 48.5 Å². The lowest BCUT2D eigenvalue weighted by Gasteiger charge is -2.34. The van der Waals surface area contributed by atoms with Crippen molar-refractivity contribution in [3.05, 3.63) is 70.3 Å². The number of carbonyl (C=O) groups excluding carboxylic acids is 2. The van der Waals surface area contributed by atoms with E-state index < -0.39 is 0 Å². The minimum atomic E-state index is -0.0677. The lowest BCUT2D eigenvalue weighted by molar-refractivity contribution is -0.117. The monoisotopic (exact) mass is 495 g/mol. The number of carbonyl (C=O) groups is 2. The number of halogens is 1. The Balaban J connectivity index is 1.29. The number of aromatic amines is 1. The van der Waals surface area contributed by atoms with E-state index in [2.05, 4.69) is 43.3 Å². The highest BCUT2D eigenvalue weighted by molar-refractivity contribution is 9.10. The van der Waals surface area contributed by atoms with E-state index in [1.54, 1.807) is 11.0 Å². The third kappa shape index (κ3) is 5.26. The van der Waals surface area contributed by atoms with Crippen molar-refractivity contribution in [2.45, 2.75) is 13.3 Å². The molecule has 8 heteroatoms. The number of nitrogens with zero attached hydrogens (tertiary/aromatic N) is 3. The number of aryl methyl sites for hydroxylation is 1. The zero-order valence-corrected chi connectivity index (χ0v) is 19.6. The van der Waals surface area contributed by atoms with Gasteiger partial charge < -0.3 is 10.2 Å². The standard InChI is InChI=1S/C24H26BrN5O2/c1-2-17-5-3-4-6-20(17)26-23(31)16-29-11-13-30(14-12-29)24(32)22-15-21(27-28-22)18-7-9-19(25)10-8-18/h3-10,15H,2,11-14,16H2,1H3,(H,26,31)(H,27,28). The summed E-state index contributed by atoms with van der Waals surface area (Å²) in [5.74, 6) is -0.0970. The molecule has 7 nitrogen and oxygen atoms in total. The molecule has 4 rings (SSSR count). The van der Waals surface area contributed by atoms with Crippen molar-refractivity contribution in [2.75, 3.05) is 38.0 Å².